The van der Waals surface area contributed by atoms with Crippen LogP contribution in [0.3, 0.4) is 0 Å². The van der Waals surface area contributed by atoms with Gasteiger partial charge in [0.25, 0.3) is 0 Å². The first-order chi connectivity index (χ1) is 8.00. The van der Waals surface area contributed by atoms with Crippen molar-refractivity contribution in [2.45, 2.75) is 34.6 Å². The van der Waals surface area contributed by atoms with Gasteiger partial charge in [-0.2, -0.15) is 0 Å². The molecule has 0 atom stereocenters. The molecule has 3 nitrogen and oxygen atoms in total. The molecule has 0 aliphatic rings. The lowest BCUT2D eigenvalue weighted by atomic mass is 10.1. The van der Waals surface area contributed by atoms with Crippen molar-refractivity contribution in [3.8, 4) is 5.75 Å². The zero-order chi connectivity index (χ0) is 13.4. The summed E-state index contributed by atoms with van der Waals surface area (Å²) < 4.78 is 5.24. The molecular formula is C14H21NO2. The monoisotopic (exact) mass is 235 g/mol. The third kappa shape index (κ3) is 5.29. The van der Waals surface area contributed by atoms with Crippen LogP contribution in [0.25, 0.3) is 5.57 Å². The minimum Gasteiger partial charge on any atom is -0.484 e. The maximum atomic E-state index is 10.7. The van der Waals surface area contributed by atoms with Crippen molar-refractivity contribution < 1.29 is 9.53 Å². The number of nitrogens with zero attached hydrogens (tertiary/aromatic N) is 1. The molecule has 1 aromatic rings. The second kappa shape index (κ2) is 7.60. The van der Waals surface area contributed by atoms with Gasteiger partial charge in [-0.25, -0.2) is 0 Å². The molecule has 0 saturated heterocycles. The number of rotatable bonds is 4. The second-order valence-electron chi connectivity index (χ2n) is 3.61. The van der Waals surface area contributed by atoms with E-state index in [1.807, 2.05) is 33.8 Å². The largest absolute Gasteiger partial charge is 0.484 e. The van der Waals surface area contributed by atoms with Crippen molar-refractivity contribution in [2.24, 2.45) is 0 Å². The zero-order valence-corrected chi connectivity index (χ0v) is 11.3. The van der Waals surface area contributed by atoms with E-state index < -0.39 is 0 Å². The van der Waals surface area contributed by atoms with Gasteiger partial charge < -0.3 is 4.74 Å². The van der Waals surface area contributed by atoms with Crippen LogP contribution in [0.5, 0.6) is 5.75 Å². The number of aryl methyl sites for hydroxylation is 1. The number of aromatic nitrogens is 1. The molecule has 0 aliphatic heterocycles. The van der Waals surface area contributed by atoms with E-state index in [-0.39, 0.29) is 12.4 Å². The fraction of sp³-hybridized carbons (Fsp3) is 0.429. The molecule has 0 unspecified atom stereocenters. The lowest BCUT2D eigenvalue weighted by Crippen LogP contribution is -2.07. The maximum absolute atomic E-state index is 10.7. The highest BCUT2D eigenvalue weighted by molar-refractivity contribution is 5.77. The Hall–Kier alpha value is -1.64. The first-order valence-corrected chi connectivity index (χ1v) is 5.75. The molecule has 0 N–H and O–H groups in total. The van der Waals surface area contributed by atoms with Gasteiger partial charge in [-0.05, 0) is 38.0 Å². The molecule has 0 saturated carbocycles. The van der Waals surface area contributed by atoms with Crippen molar-refractivity contribution in [1.82, 2.24) is 4.98 Å². The summed E-state index contributed by atoms with van der Waals surface area (Å²) in [6.45, 7) is 13.3. The van der Waals surface area contributed by atoms with Crippen molar-refractivity contribution in [3.63, 3.8) is 0 Å². The standard InChI is InChI=1S/C12H15NO2.C2H6/c1-8(2)12-9(3)5-11(6-13-12)15-7-10(4)14;1-2/h5-6H,1,7H2,2-4H3;1-2H3. The average Bonchev–Trinajstić information content (AvgIpc) is 2.28. The Balaban J connectivity index is 0.00000121. The number of carbonyl (C=O) groups is 1. The first kappa shape index (κ1) is 15.4. The number of carbonyl (C=O) groups excluding carboxylic acids is 1. The highest BCUT2D eigenvalue weighted by Crippen LogP contribution is 2.18. The highest BCUT2D eigenvalue weighted by Gasteiger charge is 2.03. The Labute approximate surface area is 104 Å². The van der Waals surface area contributed by atoms with Gasteiger partial charge in [-0.3, -0.25) is 9.78 Å². The summed E-state index contributed by atoms with van der Waals surface area (Å²) in [5.41, 5.74) is 2.80. The second-order valence-corrected chi connectivity index (χ2v) is 3.61. The fourth-order valence-electron chi connectivity index (χ4n) is 1.26. The lowest BCUT2D eigenvalue weighted by molar-refractivity contribution is -0.118. The number of hydrogen-bond donors (Lipinski definition) is 0. The predicted octanol–water partition coefficient (Wildman–Crippen LogP) is 3.42. The zero-order valence-electron chi connectivity index (χ0n) is 11.3. The van der Waals surface area contributed by atoms with Crippen molar-refractivity contribution >= 4 is 11.4 Å². The molecule has 3 heteroatoms. The number of ketones is 1. The van der Waals surface area contributed by atoms with E-state index in [4.69, 9.17) is 4.74 Å². The van der Waals surface area contributed by atoms with Crippen LogP contribution in [-0.4, -0.2) is 17.4 Å². The minimum absolute atomic E-state index is 0.00312. The normalized spacial score (nSPS) is 9.00. The number of allylic oxidation sites excluding steroid dienone is 1. The minimum atomic E-state index is -0.00312. The van der Waals surface area contributed by atoms with Gasteiger partial charge in [0.2, 0.25) is 0 Å². The summed E-state index contributed by atoms with van der Waals surface area (Å²) in [6.07, 6.45) is 1.61. The van der Waals surface area contributed by atoms with Gasteiger partial charge in [0.15, 0.2) is 5.78 Å². The molecular weight excluding hydrogens is 214 g/mol. The van der Waals surface area contributed by atoms with Crippen LogP contribution in [0.15, 0.2) is 18.8 Å². The van der Waals surface area contributed by atoms with Crippen LogP contribution in [0, 0.1) is 6.92 Å². The Kier molecular flexibility index (Phi) is 6.87. The summed E-state index contributed by atoms with van der Waals surface area (Å²) >= 11 is 0. The SMILES string of the molecule is C=C(C)c1ncc(OCC(C)=O)cc1C.CC. The molecule has 0 fully saturated rings. The number of hydrogen-bond acceptors (Lipinski definition) is 3. The number of ether oxygens (including phenoxy) is 1. The van der Waals surface area contributed by atoms with Crippen LogP contribution < -0.4 is 4.74 Å². The Morgan fingerprint density at radius 3 is 2.41 bits per heavy atom. The van der Waals surface area contributed by atoms with Gasteiger partial charge in [0.1, 0.15) is 12.4 Å². The molecule has 1 rings (SSSR count). The van der Waals surface area contributed by atoms with Gasteiger partial charge in [-0.1, -0.05) is 20.4 Å². The molecule has 17 heavy (non-hydrogen) atoms. The Morgan fingerprint density at radius 2 is 2.00 bits per heavy atom. The topological polar surface area (TPSA) is 39.2 Å². The van der Waals surface area contributed by atoms with Crippen LogP contribution in [0.2, 0.25) is 0 Å². The summed E-state index contributed by atoms with van der Waals surface area (Å²) in [7, 11) is 0. The van der Waals surface area contributed by atoms with E-state index >= 15 is 0 Å². The third-order valence-corrected chi connectivity index (χ3v) is 1.90. The lowest BCUT2D eigenvalue weighted by Gasteiger charge is -2.07. The summed E-state index contributed by atoms with van der Waals surface area (Å²) in [5.74, 6) is 0.615. The van der Waals surface area contributed by atoms with E-state index in [9.17, 15) is 4.79 Å². The molecule has 0 amide bonds. The Bertz CT molecular complexity index is 397. The maximum Gasteiger partial charge on any atom is 0.167 e. The quantitative estimate of drug-likeness (QED) is 0.802. The molecule has 0 radical (unpaired) electrons. The van der Waals surface area contributed by atoms with Gasteiger partial charge in [-0.15, -0.1) is 0 Å². The van der Waals surface area contributed by atoms with E-state index in [0.717, 1.165) is 16.8 Å². The van der Waals surface area contributed by atoms with Crippen LogP contribution >= 0.6 is 0 Å². The summed E-state index contributed by atoms with van der Waals surface area (Å²) in [6, 6.07) is 1.86. The first-order valence-electron chi connectivity index (χ1n) is 5.75. The molecule has 0 bridgehead atoms. The van der Waals surface area contributed by atoms with Gasteiger partial charge in [0.05, 0.1) is 11.9 Å². The van der Waals surface area contributed by atoms with Crippen molar-refractivity contribution in [3.05, 3.63) is 30.1 Å². The van der Waals surface area contributed by atoms with Crippen LogP contribution in [0.4, 0.5) is 0 Å². The van der Waals surface area contributed by atoms with E-state index in [2.05, 4.69) is 11.6 Å². The molecule has 0 spiro atoms. The van der Waals surface area contributed by atoms with Gasteiger partial charge >= 0.3 is 0 Å². The number of pyridine rings is 1. The van der Waals surface area contributed by atoms with Crippen LogP contribution in [0.1, 0.15) is 39.0 Å². The fourth-order valence-corrected chi connectivity index (χ4v) is 1.26. The van der Waals surface area contributed by atoms with E-state index in [1.165, 1.54) is 6.92 Å². The van der Waals surface area contributed by atoms with Crippen LogP contribution in [-0.2, 0) is 4.79 Å². The molecule has 0 aromatic carbocycles. The third-order valence-electron chi connectivity index (χ3n) is 1.90. The Morgan fingerprint density at radius 1 is 1.41 bits per heavy atom. The average molecular weight is 235 g/mol. The molecule has 1 heterocycles. The van der Waals surface area contributed by atoms with E-state index in [0.29, 0.717) is 5.75 Å². The summed E-state index contributed by atoms with van der Waals surface area (Å²) in [4.78, 5) is 14.9. The molecule has 1 aromatic heterocycles. The predicted molar refractivity (Wildman–Crippen MR) is 71.2 cm³/mol. The smallest absolute Gasteiger partial charge is 0.167 e. The molecule has 0 aliphatic carbocycles. The van der Waals surface area contributed by atoms with Crippen molar-refractivity contribution in [2.75, 3.05) is 6.61 Å². The van der Waals surface area contributed by atoms with Gasteiger partial charge in [0, 0.05) is 0 Å². The van der Waals surface area contributed by atoms with Crippen molar-refractivity contribution in [1.29, 1.82) is 0 Å². The molecule has 94 valence electrons. The number of Topliss-reactive ketones (excluding diaryl/α,β-unsaturated/α-hetero) is 1. The highest BCUT2D eigenvalue weighted by atomic mass is 16.5. The van der Waals surface area contributed by atoms with E-state index in [1.54, 1.807) is 6.20 Å². The summed E-state index contributed by atoms with van der Waals surface area (Å²) in [5, 5.41) is 0.